The van der Waals surface area contributed by atoms with Crippen LogP contribution in [-0.4, -0.2) is 42.4 Å². The van der Waals surface area contributed by atoms with E-state index in [1.807, 2.05) is 20.8 Å². The van der Waals surface area contributed by atoms with Crippen molar-refractivity contribution in [2.45, 2.75) is 52.0 Å². The van der Waals surface area contributed by atoms with Crippen molar-refractivity contribution in [3.05, 3.63) is 0 Å². The smallest absolute Gasteiger partial charge is 0.315 e. The highest BCUT2D eigenvalue weighted by molar-refractivity contribution is 5.78. The van der Waals surface area contributed by atoms with Gasteiger partial charge in [0.15, 0.2) is 0 Å². The molecule has 6 nitrogen and oxygen atoms in total. The molecular formula is C14H26N2O4. The molecule has 2 amide bonds. The Balaban J connectivity index is 2.51. The van der Waals surface area contributed by atoms with Gasteiger partial charge in [0, 0.05) is 13.2 Å². The van der Waals surface area contributed by atoms with E-state index >= 15 is 0 Å². The van der Waals surface area contributed by atoms with Gasteiger partial charge in [0.05, 0.1) is 17.6 Å². The van der Waals surface area contributed by atoms with E-state index in [4.69, 9.17) is 4.74 Å². The molecule has 20 heavy (non-hydrogen) atoms. The van der Waals surface area contributed by atoms with Gasteiger partial charge in [-0.2, -0.15) is 0 Å². The zero-order valence-corrected chi connectivity index (χ0v) is 12.6. The van der Waals surface area contributed by atoms with Crippen molar-refractivity contribution in [1.29, 1.82) is 0 Å². The minimum absolute atomic E-state index is 0.137. The quantitative estimate of drug-likeness (QED) is 0.694. The highest BCUT2D eigenvalue weighted by Crippen LogP contribution is 2.25. The number of nitrogens with one attached hydrogen (secondary N) is 2. The second-order valence-electron chi connectivity index (χ2n) is 5.82. The molecule has 0 saturated carbocycles. The van der Waals surface area contributed by atoms with Gasteiger partial charge < -0.3 is 20.5 Å². The van der Waals surface area contributed by atoms with Crippen LogP contribution in [0.5, 0.6) is 0 Å². The molecule has 1 unspecified atom stereocenters. The van der Waals surface area contributed by atoms with Crippen LogP contribution < -0.4 is 10.6 Å². The lowest BCUT2D eigenvalue weighted by Crippen LogP contribution is -2.56. The molecule has 0 radical (unpaired) electrons. The number of hydrogen-bond acceptors (Lipinski definition) is 3. The van der Waals surface area contributed by atoms with Crippen LogP contribution in [0.1, 0.15) is 46.5 Å². The number of amides is 2. The number of ether oxygens (including phenoxy) is 1. The van der Waals surface area contributed by atoms with Crippen LogP contribution in [0.15, 0.2) is 0 Å². The lowest BCUT2D eigenvalue weighted by atomic mass is 9.82. The van der Waals surface area contributed by atoms with Crippen LogP contribution in [0.25, 0.3) is 0 Å². The number of carboxylic acid groups (broad SMARTS) is 1. The van der Waals surface area contributed by atoms with Crippen molar-refractivity contribution >= 4 is 12.0 Å². The largest absolute Gasteiger partial charge is 0.481 e. The summed E-state index contributed by atoms with van der Waals surface area (Å²) in [6.45, 7) is 6.95. The van der Waals surface area contributed by atoms with Gasteiger partial charge in [-0.3, -0.25) is 4.79 Å². The van der Waals surface area contributed by atoms with Gasteiger partial charge >= 0.3 is 12.0 Å². The minimum Gasteiger partial charge on any atom is -0.481 e. The number of aliphatic carboxylic acids is 1. The normalized spacial score (nSPS) is 23.1. The van der Waals surface area contributed by atoms with Gasteiger partial charge in [-0.1, -0.05) is 13.8 Å². The molecule has 0 aliphatic carbocycles. The Morgan fingerprint density at radius 1 is 1.35 bits per heavy atom. The third kappa shape index (κ3) is 4.10. The molecule has 0 bridgehead atoms. The average molecular weight is 286 g/mol. The van der Waals surface area contributed by atoms with Crippen molar-refractivity contribution in [2.75, 3.05) is 19.8 Å². The SMILES string of the molecule is CCC(CC)(CNC(=O)NC1(C)CCCOC1)C(=O)O. The predicted molar refractivity (Wildman–Crippen MR) is 75.6 cm³/mol. The molecule has 1 atom stereocenters. The lowest BCUT2D eigenvalue weighted by Gasteiger charge is -2.35. The van der Waals surface area contributed by atoms with Gasteiger partial charge in [0.2, 0.25) is 0 Å². The summed E-state index contributed by atoms with van der Waals surface area (Å²) in [4.78, 5) is 23.3. The van der Waals surface area contributed by atoms with Crippen LogP contribution in [0.4, 0.5) is 4.79 Å². The Labute approximate surface area is 120 Å². The highest BCUT2D eigenvalue weighted by atomic mass is 16.5. The lowest BCUT2D eigenvalue weighted by molar-refractivity contribution is -0.149. The molecule has 0 spiro atoms. The van der Waals surface area contributed by atoms with Crippen molar-refractivity contribution in [1.82, 2.24) is 10.6 Å². The fourth-order valence-electron chi connectivity index (χ4n) is 2.48. The standard InChI is InChI=1S/C14H26N2O4/c1-4-14(5-2,11(17)18)9-15-12(19)16-13(3)7-6-8-20-10-13/h4-10H2,1-3H3,(H,17,18)(H2,15,16,19). The van der Waals surface area contributed by atoms with Gasteiger partial charge in [0.25, 0.3) is 0 Å². The summed E-state index contributed by atoms with van der Waals surface area (Å²) < 4.78 is 5.38. The monoisotopic (exact) mass is 286 g/mol. The first-order chi connectivity index (χ1) is 9.37. The summed E-state index contributed by atoms with van der Waals surface area (Å²) in [6, 6.07) is -0.328. The third-order valence-electron chi connectivity index (χ3n) is 4.25. The first-order valence-corrected chi connectivity index (χ1v) is 7.24. The Morgan fingerprint density at radius 2 is 2.00 bits per heavy atom. The van der Waals surface area contributed by atoms with Gasteiger partial charge in [-0.25, -0.2) is 4.79 Å². The second-order valence-corrected chi connectivity index (χ2v) is 5.82. The van der Waals surface area contributed by atoms with E-state index in [0.29, 0.717) is 19.4 Å². The van der Waals surface area contributed by atoms with Crippen LogP contribution in [0.3, 0.4) is 0 Å². The molecule has 1 aliphatic heterocycles. The van der Waals surface area contributed by atoms with Crippen molar-refractivity contribution < 1.29 is 19.4 Å². The summed E-state index contributed by atoms with van der Waals surface area (Å²) in [7, 11) is 0. The molecule has 1 saturated heterocycles. The number of carboxylic acids is 1. The topological polar surface area (TPSA) is 87.7 Å². The van der Waals surface area contributed by atoms with Crippen LogP contribution in [0, 0.1) is 5.41 Å². The first kappa shape index (κ1) is 16.8. The van der Waals surface area contributed by atoms with Gasteiger partial charge in [0.1, 0.15) is 0 Å². The van der Waals surface area contributed by atoms with Crippen LogP contribution >= 0.6 is 0 Å². The molecule has 1 aliphatic rings. The van der Waals surface area contributed by atoms with E-state index in [2.05, 4.69) is 10.6 Å². The van der Waals surface area contributed by atoms with Crippen LogP contribution in [0.2, 0.25) is 0 Å². The second kappa shape index (κ2) is 6.92. The Bertz CT molecular complexity index is 347. The fraction of sp³-hybridized carbons (Fsp3) is 0.857. The predicted octanol–water partition coefficient (Wildman–Crippen LogP) is 1.75. The van der Waals surface area contributed by atoms with Crippen LogP contribution in [-0.2, 0) is 9.53 Å². The van der Waals surface area contributed by atoms with E-state index in [1.54, 1.807) is 0 Å². The van der Waals surface area contributed by atoms with E-state index in [9.17, 15) is 14.7 Å². The Kier molecular flexibility index (Phi) is 5.80. The molecule has 0 aromatic carbocycles. The number of urea groups is 1. The maximum atomic E-state index is 11.9. The Hall–Kier alpha value is -1.30. The molecule has 116 valence electrons. The van der Waals surface area contributed by atoms with E-state index in [-0.39, 0.29) is 18.1 Å². The minimum atomic E-state index is -0.888. The van der Waals surface area contributed by atoms with Crippen molar-refractivity contribution in [3.63, 3.8) is 0 Å². The molecular weight excluding hydrogens is 260 g/mol. The average Bonchev–Trinajstić information content (AvgIpc) is 2.40. The fourth-order valence-corrected chi connectivity index (χ4v) is 2.48. The zero-order valence-electron chi connectivity index (χ0n) is 12.6. The molecule has 0 aromatic rings. The summed E-state index contributed by atoms with van der Waals surface area (Å²) >= 11 is 0. The molecule has 6 heteroatoms. The maximum absolute atomic E-state index is 11.9. The van der Waals surface area contributed by atoms with E-state index in [0.717, 1.165) is 19.4 Å². The van der Waals surface area contributed by atoms with E-state index in [1.165, 1.54) is 0 Å². The summed E-state index contributed by atoms with van der Waals surface area (Å²) in [5.41, 5.74) is -1.26. The molecule has 3 N–H and O–H groups in total. The Morgan fingerprint density at radius 3 is 2.45 bits per heavy atom. The molecule has 0 aromatic heterocycles. The summed E-state index contributed by atoms with van der Waals surface area (Å²) in [5, 5.41) is 14.9. The summed E-state index contributed by atoms with van der Waals surface area (Å²) in [6.07, 6.45) is 2.75. The zero-order chi connectivity index (χ0) is 15.2. The number of hydrogen-bond donors (Lipinski definition) is 3. The summed E-state index contributed by atoms with van der Waals surface area (Å²) in [5.74, 6) is -0.866. The maximum Gasteiger partial charge on any atom is 0.315 e. The third-order valence-corrected chi connectivity index (χ3v) is 4.25. The molecule has 1 fully saturated rings. The first-order valence-electron chi connectivity index (χ1n) is 7.24. The molecule has 1 rings (SSSR count). The van der Waals surface area contributed by atoms with Gasteiger partial charge in [-0.05, 0) is 32.6 Å². The number of carbonyl (C=O) groups excluding carboxylic acids is 1. The van der Waals surface area contributed by atoms with Crippen molar-refractivity contribution in [3.8, 4) is 0 Å². The molecule has 1 heterocycles. The highest BCUT2D eigenvalue weighted by Gasteiger charge is 2.36. The van der Waals surface area contributed by atoms with E-state index < -0.39 is 11.4 Å². The number of rotatable bonds is 6. The van der Waals surface area contributed by atoms with Crippen molar-refractivity contribution in [2.24, 2.45) is 5.41 Å². The van der Waals surface area contributed by atoms with Gasteiger partial charge in [-0.15, -0.1) is 0 Å². The number of carbonyl (C=O) groups is 2.